The Labute approximate surface area is 126 Å². The lowest BCUT2D eigenvalue weighted by Gasteiger charge is -2.39. The molecule has 0 atom stereocenters. The molecule has 0 bridgehead atoms. The highest BCUT2D eigenvalue weighted by Crippen LogP contribution is 2.38. The highest BCUT2D eigenvalue weighted by Gasteiger charge is 2.45. The molecule has 114 valence electrons. The number of hydrogen-bond donors (Lipinski definition) is 0. The number of nitrogens with zero attached hydrogens (tertiary/aromatic N) is 1. The molecule has 21 heavy (non-hydrogen) atoms. The predicted octanol–water partition coefficient (Wildman–Crippen LogP) is 2.89. The zero-order valence-corrected chi connectivity index (χ0v) is 12.6. The van der Waals surface area contributed by atoms with Crippen molar-refractivity contribution in [1.82, 2.24) is 4.90 Å². The van der Waals surface area contributed by atoms with E-state index in [9.17, 15) is 4.79 Å². The first-order valence-electron chi connectivity index (χ1n) is 7.84. The summed E-state index contributed by atoms with van der Waals surface area (Å²) < 4.78 is 11.6. The number of carbonyl (C=O) groups excluding carboxylic acids is 1. The SMILES string of the molecule is Cc1ccccc1OCC(=O)N1CCOC12CCCCC2. The van der Waals surface area contributed by atoms with E-state index in [-0.39, 0.29) is 18.2 Å². The van der Waals surface area contributed by atoms with Crippen molar-refractivity contribution < 1.29 is 14.3 Å². The molecular weight excluding hydrogens is 266 g/mol. The van der Waals surface area contributed by atoms with Crippen LogP contribution in [0.5, 0.6) is 5.75 Å². The minimum Gasteiger partial charge on any atom is -0.483 e. The van der Waals surface area contributed by atoms with Gasteiger partial charge < -0.3 is 14.4 Å². The lowest BCUT2D eigenvalue weighted by molar-refractivity contribution is -0.157. The number of rotatable bonds is 3. The first kappa shape index (κ1) is 14.4. The third kappa shape index (κ3) is 2.91. The first-order valence-corrected chi connectivity index (χ1v) is 7.84. The molecule has 3 rings (SSSR count). The largest absolute Gasteiger partial charge is 0.483 e. The van der Waals surface area contributed by atoms with Crippen molar-refractivity contribution in [3.8, 4) is 5.75 Å². The van der Waals surface area contributed by atoms with Gasteiger partial charge in [0.15, 0.2) is 6.61 Å². The molecule has 0 N–H and O–H groups in total. The Morgan fingerprint density at radius 2 is 2.05 bits per heavy atom. The van der Waals surface area contributed by atoms with E-state index in [1.807, 2.05) is 36.1 Å². The summed E-state index contributed by atoms with van der Waals surface area (Å²) in [6, 6.07) is 7.78. The van der Waals surface area contributed by atoms with Crippen molar-refractivity contribution in [2.24, 2.45) is 0 Å². The van der Waals surface area contributed by atoms with Crippen LogP contribution in [0, 0.1) is 6.92 Å². The molecule has 2 aliphatic rings. The molecule has 0 radical (unpaired) electrons. The fourth-order valence-corrected chi connectivity index (χ4v) is 3.41. The molecule has 1 saturated carbocycles. The van der Waals surface area contributed by atoms with Gasteiger partial charge in [0.2, 0.25) is 0 Å². The quantitative estimate of drug-likeness (QED) is 0.859. The molecule has 2 fully saturated rings. The minimum absolute atomic E-state index is 0.0395. The molecule has 1 aliphatic heterocycles. The van der Waals surface area contributed by atoms with Gasteiger partial charge in [0.25, 0.3) is 5.91 Å². The van der Waals surface area contributed by atoms with Gasteiger partial charge in [-0.15, -0.1) is 0 Å². The maximum atomic E-state index is 12.5. The zero-order chi connectivity index (χ0) is 14.7. The molecule has 1 amide bonds. The van der Waals surface area contributed by atoms with Crippen LogP contribution >= 0.6 is 0 Å². The number of para-hydroxylation sites is 1. The van der Waals surface area contributed by atoms with E-state index in [0.717, 1.165) is 37.0 Å². The Kier molecular flexibility index (Phi) is 4.15. The lowest BCUT2D eigenvalue weighted by atomic mass is 9.90. The van der Waals surface area contributed by atoms with E-state index in [1.165, 1.54) is 6.42 Å². The van der Waals surface area contributed by atoms with E-state index in [2.05, 4.69) is 0 Å². The molecule has 4 heteroatoms. The molecular formula is C17H23NO3. The van der Waals surface area contributed by atoms with Crippen molar-refractivity contribution in [3.05, 3.63) is 29.8 Å². The fourth-order valence-electron chi connectivity index (χ4n) is 3.41. The Bertz CT molecular complexity index is 509. The average Bonchev–Trinajstić information content (AvgIpc) is 2.90. The molecule has 1 heterocycles. The third-order valence-electron chi connectivity index (χ3n) is 4.56. The number of aryl methyl sites for hydroxylation is 1. The van der Waals surface area contributed by atoms with Gasteiger partial charge in [0.1, 0.15) is 11.5 Å². The van der Waals surface area contributed by atoms with Gasteiger partial charge >= 0.3 is 0 Å². The molecule has 0 unspecified atom stereocenters. The van der Waals surface area contributed by atoms with Gasteiger partial charge in [-0.05, 0) is 44.2 Å². The molecule has 1 spiro atoms. The first-order chi connectivity index (χ1) is 10.2. The third-order valence-corrected chi connectivity index (χ3v) is 4.56. The van der Waals surface area contributed by atoms with Gasteiger partial charge in [0, 0.05) is 6.54 Å². The van der Waals surface area contributed by atoms with Crippen LogP contribution < -0.4 is 4.74 Å². The summed E-state index contributed by atoms with van der Waals surface area (Å²) in [6.07, 6.45) is 5.45. The van der Waals surface area contributed by atoms with Gasteiger partial charge in [0.05, 0.1) is 6.61 Å². The Balaban J connectivity index is 1.63. The van der Waals surface area contributed by atoms with Crippen molar-refractivity contribution in [2.75, 3.05) is 19.8 Å². The smallest absolute Gasteiger partial charge is 0.262 e. The van der Waals surface area contributed by atoms with Crippen LogP contribution in [0.4, 0.5) is 0 Å². The van der Waals surface area contributed by atoms with Crippen molar-refractivity contribution in [3.63, 3.8) is 0 Å². The van der Waals surface area contributed by atoms with Crippen LogP contribution in [-0.4, -0.2) is 36.3 Å². The number of benzene rings is 1. The number of carbonyl (C=O) groups is 1. The van der Waals surface area contributed by atoms with Crippen LogP contribution in [0.2, 0.25) is 0 Å². The monoisotopic (exact) mass is 289 g/mol. The lowest BCUT2D eigenvalue weighted by Crippen LogP contribution is -2.50. The van der Waals surface area contributed by atoms with Crippen LogP contribution in [0.25, 0.3) is 0 Å². The number of amides is 1. The fraction of sp³-hybridized carbons (Fsp3) is 0.588. The molecule has 4 nitrogen and oxygen atoms in total. The predicted molar refractivity (Wildman–Crippen MR) is 80.2 cm³/mol. The molecule has 0 aromatic heterocycles. The summed E-state index contributed by atoms with van der Waals surface area (Å²) in [4.78, 5) is 14.4. The minimum atomic E-state index is -0.343. The Hall–Kier alpha value is -1.55. The van der Waals surface area contributed by atoms with Crippen molar-refractivity contribution in [1.29, 1.82) is 0 Å². The standard InChI is InChI=1S/C17H23NO3/c1-14-7-3-4-8-15(14)20-13-16(19)18-11-12-21-17(18)9-5-2-6-10-17/h3-4,7-8H,2,5-6,9-13H2,1H3. The Morgan fingerprint density at radius 3 is 2.81 bits per heavy atom. The Morgan fingerprint density at radius 1 is 1.29 bits per heavy atom. The number of hydrogen-bond acceptors (Lipinski definition) is 3. The van der Waals surface area contributed by atoms with Gasteiger partial charge in [-0.25, -0.2) is 0 Å². The summed E-state index contributed by atoms with van der Waals surface area (Å²) >= 11 is 0. The van der Waals surface area contributed by atoms with Crippen LogP contribution in [0.1, 0.15) is 37.7 Å². The van der Waals surface area contributed by atoms with Crippen molar-refractivity contribution >= 4 is 5.91 Å². The molecule has 1 aromatic rings. The van der Waals surface area contributed by atoms with Gasteiger partial charge in [-0.3, -0.25) is 4.79 Å². The zero-order valence-electron chi connectivity index (χ0n) is 12.6. The average molecular weight is 289 g/mol. The summed E-state index contributed by atoms with van der Waals surface area (Å²) in [6.45, 7) is 3.42. The van der Waals surface area contributed by atoms with Gasteiger partial charge in [-0.1, -0.05) is 24.6 Å². The van der Waals surface area contributed by atoms with E-state index < -0.39 is 0 Å². The topological polar surface area (TPSA) is 38.8 Å². The summed E-state index contributed by atoms with van der Waals surface area (Å²) in [7, 11) is 0. The molecule has 1 aromatic carbocycles. The van der Waals surface area contributed by atoms with E-state index in [4.69, 9.17) is 9.47 Å². The summed E-state index contributed by atoms with van der Waals surface area (Å²) in [5.74, 6) is 0.821. The second kappa shape index (κ2) is 6.06. The van der Waals surface area contributed by atoms with E-state index in [1.54, 1.807) is 0 Å². The summed E-state index contributed by atoms with van der Waals surface area (Å²) in [5.41, 5.74) is 0.708. The van der Waals surface area contributed by atoms with E-state index in [0.29, 0.717) is 13.2 Å². The second-order valence-electron chi connectivity index (χ2n) is 5.95. The normalized spacial score (nSPS) is 20.7. The number of ether oxygens (including phenoxy) is 2. The highest BCUT2D eigenvalue weighted by atomic mass is 16.5. The maximum absolute atomic E-state index is 12.5. The summed E-state index contributed by atoms with van der Waals surface area (Å²) in [5, 5.41) is 0. The molecule has 1 saturated heterocycles. The highest BCUT2D eigenvalue weighted by molar-refractivity contribution is 5.78. The van der Waals surface area contributed by atoms with Crippen molar-refractivity contribution in [2.45, 2.75) is 44.8 Å². The van der Waals surface area contributed by atoms with Crippen LogP contribution in [0.3, 0.4) is 0 Å². The van der Waals surface area contributed by atoms with Crippen LogP contribution in [-0.2, 0) is 9.53 Å². The second-order valence-corrected chi connectivity index (χ2v) is 5.95. The van der Waals surface area contributed by atoms with Crippen LogP contribution in [0.15, 0.2) is 24.3 Å². The van der Waals surface area contributed by atoms with Gasteiger partial charge in [-0.2, -0.15) is 0 Å². The van der Waals surface area contributed by atoms with E-state index >= 15 is 0 Å². The maximum Gasteiger partial charge on any atom is 0.262 e. The molecule has 1 aliphatic carbocycles.